The van der Waals surface area contributed by atoms with Crippen molar-refractivity contribution in [3.8, 4) is 5.75 Å². The molecule has 1 saturated carbocycles. The number of ether oxygens (including phenoxy) is 2. The topological polar surface area (TPSA) is 113 Å². The number of rotatable bonds is 8. The van der Waals surface area contributed by atoms with Crippen LogP contribution in [0.25, 0.3) is 0 Å². The minimum absolute atomic E-state index is 0.0119. The smallest absolute Gasteiger partial charge is 0.306 e. The van der Waals surface area contributed by atoms with Gasteiger partial charge in [-0.1, -0.05) is 6.92 Å². The van der Waals surface area contributed by atoms with E-state index < -0.39 is 47.5 Å². The van der Waals surface area contributed by atoms with Gasteiger partial charge in [0.05, 0.1) is 13.5 Å². The van der Waals surface area contributed by atoms with E-state index in [0.717, 1.165) is 6.07 Å². The van der Waals surface area contributed by atoms with Crippen LogP contribution in [0.4, 0.5) is 4.39 Å². The minimum Gasteiger partial charge on any atom is -0.494 e. The molecule has 3 atom stereocenters. The van der Waals surface area contributed by atoms with Crippen LogP contribution in [0.15, 0.2) is 18.2 Å². The van der Waals surface area contributed by atoms with E-state index in [2.05, 4.69) is 0 Å². The zero-order chi connectivity index (χ0) is 20.1. The molecule has 1 aliphatic carbocycles. The maximum atomic E-state index is 13.6. The quantitative estimate of drug-likeness (QED) is 0.293. The number of esters is 1. The Morgan fingerprint density at radius 3 is 2.67 bits per heavy atom. The molecule has 0 bridgehead atoms. The van der Waals surface area contributed by atoms with Gasteiger partial charge in [-0.3, -0.25) is 24.5 Å². The molecule has 0 aromatic heterocycles. The van der Waals surface area contributed by atoms with Crippen LogP contribution in [0, 0.1) is 33.7 Å². The second-order valence-electron chi connectivity index (χ2n) is 6.57. The van der Waals surface area contributed by atoms with E-state index in [1.807, 2.05) is 0 Å². The molecule has 0 radical (unpaired) electrons. The highest BCUT2D eigenvalue weighted by Crippen LogP contribution is 2.36. The van der Waals surface area contributed by atoms with Crippen molar-refractivity contribution in [3.05, 3.63) is 39.7 Å². The van der Waals surface area contributed by atoms with Gasteiger partial charge in [0.2, 0.25) is 6.54 Å². The Bertz CT molecular complexity index is 764. The first-order valence-electron chi connectivity index (χ1n) is 8.39. The second kappa shape index (κ2) is 8.70. The molecule has 0 heterocycles. The van der Waals surface area contributed by atoms with Crippen molar-refractivity contribution in [2.75, 3.05) is 20.3 Å². The summed E-state index contributed by atoms with van der Waals surface area (Å²) in [7, 11) is 1.29. The minimum atomic E-state index is -0.793. The summed E-state index contributed by atoms with van der Waals surface area (Å²) in [6.45, 7) is 0.731. The van der Waals surface area contributed by atoms with Crippen molar-refractivity contribution < 1.29 is 33.2 Å². The number of nitro groups is 1. The highest BCUT2D eigenvalue weighted by molar-refractivity contribution is 5.98. The van der Waals surface area contributed by atoms with Gasteiger partial charge < -0.3 is 9.47 Å². The van der Waals surface area contributed by atoms with Crippen LogP contribution in [0.2, 0.25) is 0 Å². The standard InChI is InChI=1S/C18H20FNO7/c1-10-5-15(21)12(13(10)8-20(24)25)7-18(23)27-9-16(22)11-3-4-17(26-2)14(19)6-11/h3-4,6,10,12-13H,5,7-9H2,1-2H3/t10-,12+,13-/m1/s1. The first-order valence-corrected chi connectivity index (χ1v) is 8.39. The lowest BCUT2D eigenvalue weighted by atomic mass is 9.88. The van der Waals surface area contributed by atoms with E-state index in [4.69, 9.17) is 9.47 Å². The van der Waals surface area contributed by atoms with Gasteiger partial charge in [0, 0.05) is 28.7 Å². The van der Waals surface area contributed by atoms with Gasteiger partial charge >= 0.3 is 5.97 Å². The number of methoxy groups -OCH3 is 1. The van der Waals surface area contributed by atoms with Crippen molar-refractivity contribution in [2.24, 2.45) is 17.8 Å². The fourth-order valence-electron chi connectivity index (χ4n) is 3.31. The van der Waals surface area contributed by atoms with Crippen molar-refractivity contribution in [3.63, 3.8) is 0 Å². The van der Waals surface area contributed by atoms with Crippen LogP contribution in [0.3, 0.4) is 0 Å². The maximum Gasteiger partial charge on any atom is 0.306 e. The summed E-state index contributed by atoms with van der Waals surface area (Å²) >= 11 is 0. The Hall–Kier alpha value is -2.84. The summed E-state index contributed by atoms with van der Waals surface area (Å²) in [6, 6.07) is 3.60. The summed E-state index contributed by atoms with van der Waals surface area (Å²) in [6.07, 6.45) is -0.132. The predicted octanol–water partition coefficient (Wildman–Crippen LogP) is 2.07. The van der Waals surface area contributed by atoms with Crippen molar-refractivity contribution in [2.45, 2.75) is 19.8 Å². The van der Waals surface area contributed by atoms with Gasteiger partial charge in [0.15, 0.2) is 24.0 Å². The molecule has 0 amide bonds. The van der Waals surface area contributed by atoms with Crippen LogP contribution < -0.4 is 4.74 Å². The molecule has 9 heteroatoms. The van der Waals surface area contributed by atoms with Crippen LogP contribution in [-0.4, -0.2) is 42.7 Å². The lowest BCUT2D eigenvalue weighted by molar-refractivity contribution is -0.490. The lowest BCUT2D eigenvalue weighted by Crippen LogP contribution is -2.28. The molecule has 146 valence electrons. The third-order valence-electron chi connectivity index (χ3n) is 4.77. The molecule has 1 aromatic carbocycles. The number of benzene rings is 1. The first-order chi connectivity index (χ1) is 12.7. The molecule has 0 N–H and O–H groups in total. The van der Waals surface area contributed by atoms with Gasteiger partial charge in [0.25, 0.3) is 0 Å². The van der Waals surface area contributed by atoms with E-state index >= 15 is 0 Å². The fraction of sp³-hybridized carbons (Fsp3) is 0.500. The number of carbonyl (C=O) groups excluding carboxylic acids is 3. The van der Waals surface area contributed by atoms with E-state index in [1.54, 1.807) is 6.92 Å². The molecule has 8 nitrogen and oxygen atoms in total. The van der Waals surface area contributed by atoms with E-state index in [9.17, 15) is 28.9 Å². The molecule has 0 spiro atoms. The van der Waals surface area contributed by atoms with Gasteiger partial charge in [-0.15, -0.1) is 0 Å². The molecule has 0 saturated heterocycles. The number of nitrogens with zero attached hydrogens (tertiary/aromatic N) is 1. The lowest BCUT2D eigenvalue weighted by Gasteiger charge is -2.16. The van der Waals surface area contributed by atoms with E-state index in [-0.39, 0.29) is 35.9 Å². The molecular formula is C18H20FNO7. The largest absolute Gasteiger partial charge is 0.494 e. The fourth-order valence-corrected chi connectivity index (χ4v) is 3.31. The molecule has 1 fully saturated rings. The summed E-state index contributed by atoms with van der Waals surface area (Å²) in [5.41, 5.74) is 0.0119. The molecule has 0 unspecified atom stereocenters. The Kier molecular flexibility index (Phi) is 6.59. The number of hydrogen-bond acceptors (Lipinski definition) is 7. The molecule has 0 aliphatic heterocycles. The Labute approximate surface area is 154 Å². The van der Waals surface area contributed by atoms with Crippen LogP contribution in [-0.2, 0) is 14.3 Å². The van der Waals surface area contributed by atoms with Crippen molar-refractivity contribution >= 4 is 17.5 Å². The Morgan fingerprint density at radius 1 is 1.37 bits per heavy atom. The van der Waals surface area contributed by atoms with Crippen LogP contribution in [0.1, 0.15) is 30.1 Å². The monoisotopic (exact) mass is 381 g/mol. The van der Waals surface area contributed by atoms with Gasteiger partial charge in [-0.2, -0.15) is 0 Å². The average Bonchev–Trinajstić information content (AvgIpc) is 2.86. The highest BCUT2D eigenvalue weighted by atomic mass is 19.1. The summed E-state index contributed by atoms with van der Waals surface area (Å²) < 4.78 is 23.3. The summed E-state index contributed by atoms with van der Waals surface area (Å²) in [5, 5.41) is 10.8. The molecule has 2 rings (SSSR count). The van der Waals surface area contributed by atoms with Gasteiger partial charge in [-0.25, -0.2) is 4.39 Å². The second-order valence-corrected chi connectivity index (χ2v) is 6.57. The third-order valence-corrected chi connectivity index (χ3v) is 4.77. The maximum absolute atomic E-state index is 13.6. The molecule has 1 aliphatic rings. The number of halogens is 1. The summed E-state index contributed by atoms with van der Waals surface area (Å²) in [5.74, 6) is -3.87. The Balaban J connectivity index is 1.93. The SMILES string of the molecule is COc1ccc(C(=O)COC(=O)C[C@@H]2C(=O)C[C@@H](C)[C@H]2C[N+](=O)[O-])cc1F. The number of Topliss-reactive ketones (excluding diaryl/α,β-unsaturated/α-hetero) is 2. The number of ketones is 2. The zero-order valence-electron chi connectivity index (χ0n) is 15.0. The van der Waals surface area contributed by atoms with Crippen molar-refractivity contribution in [1.29, 1.82) is 0 Å². The third kappa shape index (κ3) is 5.08. The molecule has 1 aromatic rings. The molecular weight excluding hydrogens is 361 g/mol. The van der Waals surface area contributed by atoms with E-state index in [0.29, 0.717) is 0 Å². The van der Waals surface area contributed by atoms with Crippen LogP contribution >= 0.6 is 0 Å². The number of carbonyl (C=O) groups is 3. The Morgan fingerprint density at radius 2 is 2.07 bits per heavy atom. The van der Waals surface area contributed by atoms with Crippen molar-refractivity contribution in [1.82, 2.24) is 0 Å². The highest BCUT2D eigenvalue weighted by Gasteiger charge is 2.44. The first kappa shape index (κ1) is 20.5. The number of hydrogen-bond donors (Lipinski definition) is 0. The van der Waals surface area contributed by atoms with Crippen LogP contribution in [0.5, 0.6) is 5.75 Å². The molecule has 27 heavy (non-hydrogen) atoms. The van der Waals surface area contributed by atoms with E-state index in [1.165, 1.54) is 19.2 Å². The predicted molar refractivity (Wildman–Crippen MR) is 90.5 cm³/mol. The zero-order valence-corrected chi connectivity index (χ0v) is 15.0. The van der Waals surface area contributed by atoms with Gasteiger partial charge in [-0.05, 0) is 24.1 Å². The normalized spacial score (nSPS) is 21.7. The average molecular weight is 381 g/mol. The summed E-state index contributed by atoms with van der Waals surface area (Å²) in [4.78, 5) is 46.3. The van der Waals surface area contributed by atoms with Gasteiger partial charge in [0.1, 0.15) is 5.78 Å².